The quantitative estimate of drug-likeness (QED) is 0.455. The van der Waals surface area contributed by atoms with E-state index in [1.54, 1.807) is 48.1 Å². The number of nitrogens with one attached hydrogen (secondary N) is 3. The molecule has 0 atom stereocenters. The van der Waals surface area contributed by atoms with Gasteiger partial charge in [-0.2, -0.15) is 0 Å². The molecular formula is C20H17N7O2S. The SMILES string of the molecule is Cn1nnnc1-c1cccc(NC(=O)c2ccc(NC(=O)Nc3ccccc3)s2)c1. The second kappa shape index (κ2) is 8.53. The van der Waals surface area contributed by atoms with Crippen LogP contribution >= 0.6 is 11.3 Å². The van der Waals surface area contributed by atoms with Gasteiger partial charge in [0.2, 0.25) is 0 Å². The zero-order chi connectivity index (χ0) is 20.9. The predicted molar refractivity (Wildman–Crippen MR) is 116 cm³/mol. The van der Waals surface area contributed by atoms with Gasteiger partial charge in [-0.05, 0) is 46.8 Å². The first-order chi connectivity index (χ1) is 14.6. The Bertz CT molecular complexity index is 1190. The van der Waals surface area contributed by atoms with E-state index in [2.05, 4.69) is 31.5 Å². The van der Waals surface area contributed by atoms with E-state index in [1.165, 1.54) is 11.3 Å². The molecule has 0 fully saturated rings. The summed E-state index contributed by atoms with van der Waals surface area (Å²) >= 11 is 1.18. The maximum Gasteiger partial charge on any atom is 0.324 e. The summed E-state index contributed by atoms with van der Waals surface area (Å²) in [7, 11) is 1.74. The molecule has 0 saturated carbocycles. The number of hydrogen-bond donors (Lipinski definition) is 3. The van der Waals surface area contributed by atoms with Crippen LogP contribution in [0, 0.1) is 0 Å². The number of tetrazole rings is 1. The molecule has 4 aromatic rings. The molecule has 0 radical (unpaired) electrons. The van der Waals surface area contributed by atoms with Gasteiger partial charge in [-0.25, -0.2) is 9.48 Å². The minimum atomic E-state index is -0.375. The lowest BCUT2D eigenvalue weighted by Crippen LogP contribution is -2.18. The van der Waals surface area contributed by atoms with Crippen LogP contribution in [0.15, 0.2) is 66.7 Å². The monoisotopic (exact) mass is 419 g/mol. The topological polar surface area (TPSA) is 114 Å². The van der Waals surface area contributed by atoms with Crippen molar-refractivity contribution in [3.63, 3.8) is 0 Å². The molecule has 10 heteroatoms. The number of urea groups is 1. The average Bonchev–Trinajstić information content (AvgIpc) is 3.38. The highest BCUT2D eigenvalue weighted by molar-refractivity contribution is 7.18. The molecule has 2 aromatic heterocycles. The molecule has 30 heavy (non-hydrogen) atoms. The number of rotatable bonds is 5. The summed E-state index contributed by atoms with van der Waals surface area (Å²) in [5.41, 5.74) is 2.08. The minimum Gasteiger partial charge on any atom is -0.321 e. The van der Waals surface area contributed by atoms with Crippen LogP contribution in [0.25, 0.3) is 11.4 Å². The highest BCUT2D eigenvalue weighted by atomic mass is 32.1. The van der Waals surface area contributed by atoms with Crippen LogP contribution in [0.2, 0.25) is 0 Å². The molecule has 3 N–H and O–H groups in total. The largest absolute Gasteiger partial charge is 0.324 e. The van der Waals surface area contributed by atoms with Crippen molar-refractivity contribution in [1.82, 2.24) is 20.2 Å². The number of hydrogen-bond acceptors (Lipinski definition) is 6. The molecular weight excluding hydrogens is 402 g/mol. The van der Waals surface area contributed by atoms with E-state index in [1.807, 2.05) is 30.3 Å². The Morgan fingerprint density at radius 2 is 1.70 bits per heavy atom. The van der Waals surface area contributed by atoms with Crippen LogP contribution in [0.5, 0.6) is 0 Å². The van der Waals surface area contributed by atoms with E-state index in [0.717, 1.165) is 5.56 Å². The zero-order valence-electron chi connectivity index (χ0n) is 15.9. The lowest BCUT2D eigenvalue weighted by atomic mass is 10.2. The first-order valence-corrected chi connectivity index (χ1v) is 9.77. The highest BCUT2D eigenvalue weighted by Crippen LogP contribution is 2.24. The molecule has 9 nitrogen and oxygen atoms in total. The van der Waals surface area contributed by atoms with Crippen molar-refractivity contribution >= 4 is 39.7 Å². The fourth-order valence-corrected chi connectivity index (χ4v) is 3.52. The third-order valence-electron chi connectivity index (χ3n) is 4.10. The number of anilines is 3. The van der Waals surface area contributed by atoms with Crippen molar-refractivity contribution in [2.24, 2.45) is 7.05 Å². The molecule has 150 valence electrons. The van der Waals surface area contributed by atoms with Crippen LogP contribution < -0.4 is 16.0 Å². The van der Waals surface area contributed by atoms with Crippen LogP contribution in [0.3, 0.4) is 0 Å². The normalized spacial score (nSPS) is 10.4. The summed E-state index contributed by atoms with van der Waals surface area (Å²) in [6.07, 6.45) is 0. The zero-order valence-corrected chi connectivity index (χ0v) is 16.7. The molecule has 4 rings (SSSR count). The molecule has 0 bridgehead atoms. The Labute approximate surface area is 175 Å². The second-order valence-electron chi connectivity index (χ2n) is 6.27. The molecule has 0 spiro atoms. The van der Waals surface area contributed by atoms with Gasteiger partial charge in [-0.1, -0.05) is 30.3 Å². The van der Waals surface area contributed by atoms with Crippen molar-refractivity contribution in [1.29, 1.82) is 0 Å². The van der Waals surface area contributed by atoms with Gasteiger partial charge in [0.05, 0.1) is 9.88 Å². The van der Waals surface area contributed by atoms with Gasteiger partial charge in [0.25, 0.3) is 5.91 Å². The van der Waals surface area contributed by atoms with Gasteiger partial charge in [0.1, 0.15) is 0 Å². The third-order valence-corrected chi connectivity index (χ3v) is 5.10. The van der Waals surface area contributed by atoms with E-state index in [9.17, 15) is 9.59 Å². The summed E-state index contributed by atoms with van der Waals surface area (Å²) in [5, 5.41) is 20.3. The Hall–Kier alpha value is -4.05. The summed E-state index contributed by atoms with van der Waals surface area (Å²) in [6.45, 7) is 0. The number of nitrogens with zero attached hydrogens (tertiary/aromatic N) is 4. The number of aryl methyl sites for hydroxylation is 1. The van der Waals surface area contributed by atoms with Gasteiger partial charge in [0, 0.05) is 24.0 Å². The van der Waals surface area contributed by atoms with Crippen molar-refractivity contribution in [2.45, 2.75) is 0 Å². The molecule has 2 heterocycles. The number of thiophene rings is 1. The lowest BCUT2D eigenvalue weighted by molar-refractivity contribution is 0.103. The van der Waals surface area contributed by atoms with Crippen molar-refractivity contribution in [3.8, 4) is 11.4 Å². The van der Waals surface area contributed by atoms with Gasteiger partial charge >= 0.3 is 6.03 Å². The van der Waals surface area contributed by atoms with Gasteiger partial charge in [-0.15, -0.1) is 16.4 Å². The van der Waals surface area contributed by atoms with Crippen LogP contribution in [-0.4, -0.2) is 32.1 Å². The third kappa shape index (κ3) is 4.50. The van der Waals surface area contributed by atoms with Crippen LogP contribution in [0.4, 0.5) is 21.2 Å². The van der Waals surface area contributed by atoms with Gasteiger partial charge in [-0.3, -0.25) is 10.1 Å². The van der Waals surface area contributed by atoms with Crippen molar-refractivity contribution in [2.75, 3.05) is 16.0 Å². The first-order valence-electron chi connectivity index (χ1n) is 8.95. The highest BCUT2D eigenvalue weighted by Gasteiger charge is 2.13. The number of aromatic nitrogens is 4. The van der Waals surface area contributed by atoms with Crippen molar-refractivity contribution in [3.05, 3.63) is 71.6 Å². The standard InChI is InChI=1S/C20H17N7O2S/c1-27-18(24-25-26-27)13-6-5-9-15(12-13)21-19(28)16-10-11-17(30-16)23-20(29)22-14-7-3-2-4-8-14/h2-12H,1H3,(H,21,28)(H2,22,23,29). The van der Waals surface area contributed by atoms with Crippen LogP contribution in [-0.2, 0) is 7.05 Å². The Morgan fingerprint density at radius 3 is 2.47 bits per heavy atom. The molecule has 0 saturated heterocycles. The number of carbonyl (C=O) groups is 2. The van der Waals surface area contributed by atoms with Gasteiger partial charge in [0.15, 0.2) is 5.82 Å². The maximum atomic E-state index is 12.6. The molecule has 0 aliphatic carbocycles. The van der Waals surface area contributed by atoms with E-state index in [4.69, 9.17) is 0 Å². The minimum absolute atomic E-state index is 0.273. The van der Waals surface area contributed by atoms with E-state index >= 15 is 0 Å². The van der Waals surface area contributed by atoms with Crippen LogP contribution in [0.1, 0.15) is 9.67 Å². The summed E-state index contributed by atoms with van der Waals surface area (Å²) < 4.78 is 1.55. The second-order valence-corrected chi connectivity index (χ2v) is 7.35. The van der Waals surface area contributed by atoms with Gasteiger partial charge < -0.3 is 10.6 Å². The molecule has 0 aliphatic heterocycles. The maximum absolute atomic E-state index is 12.6. The summed E-state index contributed by atoms with van der Waals surface area (Å²) in [5.74, 6) is 0.322. The molecule has 0 unspecified atom stereocenters. The smallest absolute Gasteiger partial charge is 0.321 e. The molecule has 2 aromatic carbocycles. The number of carbonyl (C=O) groups excluding carboxylic acids is 2. The van der Waals surface area contributed by atoms with E-state index in [0.29, 0.717) is 27.1 Å². The number of amides is 3. The average molecular weight is 419 g/mol. The Morgan fingerprint density at radius 1 is 0.900 bits per heavy atom. The molecule has 3 amide bonds. The predicted octanol–water partition coefficient (Wildman–Crippen LogP) is 3.83. The fourth-order valence-electron chi connectivity index (χ4n) is 2.73. The van der Waals surface area contributed by atoms with E-state index < -0.39 is 0 Å². The molecule has 0 aliphatic rings. The number of para-hydroxylation sites is 1. The van der Waals surface area contributed by atoms with E-state index in [-0.39, 0.29) is 11.9 Å². The Balaban J connectivity index is 1.40. The summed E-state index contributed by atoms with van der Waals surface area (Å²) in [6, 6.07) is 19.3. The number of benzene rings is 2. The fraction of sp³-hybridized carbons (Fsp3) is 0.0500. The Kier molecular flexibility index (Phi) is 5.48. The lowest BCUT2D eigenvalue weighted by Gasteiger charge is -2.06. The van der Waals surface area contributed by atoms with Crippen molar-refractivity contribution < 1.29 is 9.59 Å². The first kappa shape index (κ1) is 19.3. The summed E-state index contributed by atoms with van der Waals surface area (Å²) in [4.78, 5) is 25.2.